The third kappa shape index (κ3) is 4.31. The maximum Gasteiger partial charge on any atom is 0.341 e. The number of anilines is 3. The summed E-state index contributed by atoms with van der Waals surface area (Å²) in [7, 11) is 2.72. The molecule has 2 N–H and O–H groups in total. The second kappa shape index (κ2) is 8.87. The van der Waals surface area contributed by atoms with Crippen molar-refractivity contribution in [2.24, 2.45) is 13.0 Å². The number of fused-ring (bicyclic) bond motifs is 1. The van der Waals surface area contributed by atoms with Crippen LogP contribution in [0.1, 0.15) is 51.8 Å². The van der Waals surface area contributed by atoms with Gasteiger partial charge in [0.25, 0.3) is 12.3 Å². The van der Waals surface area contributed by atoms with Crippen LogP contribution in [-0.4, -0.2) is 49.5 Å². The zero-order valence-corrected chi connectivity index (χ0v) is 19.9. The lowest BCUT2D eigenvalue weighted by Crippen LogP contribution is -2.21. The molecule has 5 rings (SSSR count). The van der Waals surface area contributed by atoms with E-state index in [0.717, 1.165) is 4.88 Å². The summed E-state index contributed by atoms with van der Waals surface area (Å²) in [5.74, 6) is -5.35. The first-order valence-corrected chi connectivity index (χ1v) is 11.8. The van der Waals surface area contributed by atoms with Gasteiger partial charge in [0, 0.05) is 30.5 Å². The van der Waals surface area contributed by atoms with E-state index < -0.39 is 36.6 Å². The van der Waals surface area contributed by atoms with Crippen molar-refractivity contribution in [2.45, 2.75) is 44.1 Å². The van der Waals surface area contributed by atoms with Gasteiger partial charge < -0.3 is 15.4 Å². The maximum absolute atomic E-state index is 13.4. The minimum atomic E-state index is -3.03. The topological polar surface area (TPSA) is 116 Å². The number of hydrogen-bond donors (Lipinski definition) is 2. The molecule has 0 bridgehead atoms. The Morgan fingerprint density at radius 2 is 2.08 bits per heavy atom. The Morgan fingerprint density at radius 1 is 1.33 bits per heavy atom. The van der Waals surface area contributed by atoms with Crippen LogP contribution in [0.4, 0.5) is 34.3 Å². The van der Waals surface area contributed by atoms with Gasteiger partial charge in [0.1, 0.15) is 28.8 Å². The van der Waals surface area contributed by atoms with Gasteiger partial charge in [-0.3, -0.25) is 14.0 Å². The van der Waals surface area contributed by atoms with E-state index in [2.05, 4.69) is 25.9 Å². The standard InChI is InChI=1S/C21H21F4N7O3S/c1-31-14(6-12(30-31)16(22)23)27-20-29-26-8-32(20)9-3-4-13-10(5-9)15(19(34)35-2)18(36-13)28-17(33)11-7-21(11,24)25/h6,8-9,11,16H,3-5,7H2,1-2H3,(H,27,29)(H,28,33)/t9-,11+/m0/s1. The first-order valence-electron chi connectivity index (χ1n) is 11.0. The Bertz CT molecular complexity index is 1330. The Hall–Kier alpha value is -3.49. The number of nitrogens with one attached hydrogen (secondary N) is 2. The number of carbonyl (C=O) groups excluding carboxylic acids is 2. The van der Waals surface area contributed by atoms with E-state index >= 15 is 0 Å². The van der Waals surface area contributed by atoms with Crippen molar-refractivity contribution in [1.29, 1.82) is 0 Å². The molecule has 0 saturated heterocycles. The lowest BCUT2D eigenvalue weighted by molar-refractivity contribution is -0.119. The average Bonchev–Trinajstić information content (AvgIpc) is 3.21. The van der Waals surface area contributed by atoms with Gasteiger partial charge in [-0.2, -0.15) is 5.10 Å². The van der Waals surface area contributed by atoms with Crippen molar-refractivity contribution in [3.63, 3.8) is 0 Å². The van der Waals surface area contributed by atoms with Crippen molar-refractivity contribution >= 4 is 40.0 Å². The van der Waals surface area contributed by atoms with Gasteiger partial charge in [-0.1, -0.05) is 0 Å². The lowest BCUT2D eigenvalue weighted by Gasteiger charge is -2.25. The van der Waals surface area contributed by atoms with Crippen LogP contribution in [0.25, 0.3) is 0 Å². The summed E-state index contributed by atoms with van der Waals surface area (Å²) in [5.41, 5.74) is 0.421. The molecule has 3 aromatic heterocycles. The predicted octanol–water partition coefficient (Wildman–Crippen LogP) is 3.86. The molecule has 3 aromatic rings. The molecule has 0 aliphatic heterocycles. The molecule has 3 heterocycles. The number of aromatic nitrogens is 5. The summed E-state index contributed by atoms with van der Waals surface area (Å²) < 4.78 is 60.7. The minimum absolute atomic E-state index is 0.148. The molecule has 192 valence electrons. The SMILES string of the molecule is COC(=O)c1c(NC(=O)[C@H]2CC2(F)F)sc2c1C[C@@H](n1cnnc1Nc1cc(C(F)F)nn1C)CC2. The van der Waals surface area contributed by atoms with Crippen LogP contribution in [0.5, 0.6) is 0 Å². The van der Waals surface area contributed by atoms with E-state index in [1.165, 1.54) is 42.6 Å². The molecule has 2 atom stereocenters. The van der Waals surface area contributed by atoms with Gasteiger partial charge in [0.15, 0.2) is 0 Å². The van der Waals surface area contributed by atoms with E-state index in [1.54, 1.807) is 4.57 Å². The number of amides is 1. The molecular weight excluding hydrogens is 506 g/mol. The van der Waals surface area contributed by atoms with Gasteiger partial charge in [-0.25, -0.2) is 22.4 Å². The number of nitrogens with zero attached hydrogens (tertiary/aromatic N) is 5. The number of aryl methyl sites for hydroxylation is 2. The second-order valence-corrected chi connectivity index (χ2v) is 9.77. The van der Waals surface area contributed by atoms with E-state index in [4.69, 9.17) is 4.74 Å². The summed E-state index contributed by atoms with van der Waals surface area (Å²) in [5, 5.41) is 17.4. The third-order valence-corrected chi connectivity index (χ3v) is 7.54. The van der Waals surface area contributed by atoms with Crippen molar-refractivity contribution in [1.82, 2.24) is 24.5 Å². The monoisotopic (exact) mass is 527 g/mol. The van der Waals surface area contributed by atoms with Gasteiger partial charge in [-0.05, 0) is 24.8 Å². The van der Waals surface area contributed by atoms with Gasteiger partial charge in [0.2, 0.25) is 11.9 Å². The predicted molar refractivity (Wildman–Crippen MR) is 120 cm³/mol. The quantitative estimate of drug-likeness (QED) is 0.354. The highest BCUT2D eigenvalue weighted by Gasteiger charge is 2.61. The molecule has 0 aromatic carbocycles. The first-order chi connectivity index (χ1) is 17.1. The minimum Gasteiger partial charge on any atom is -0.465 e. The highest BCUT2D eigenvalue weighted by atomic mass is 32.1. The zero-order valence-electron chi connectivity index (χ0n) is 19.1. The van der Waals surface area contributed by atoms with Gasteiger partial charge in [-0.15, -0.1) is 21.5 Å². The zero-order chi connectivity index (χ0) is 25.8. The molecule has 0 radical (unpaired) electrons. The number of methoxy groups -OCH3 is 1. The van der Waals surface area contributed by atoms with Crippen LogP contribution < -0.4 is 10.6 Å². The summed E-state index contributed by atoms with van der Waals surface area (Å²) >= 11 is 1.18. The summed E-state index contributed by atoms with van der Waals surface area (Å²) in [6.07, 6.45) is -0.224. The molecule has 0 unspecified atom stereocenters. The molecule has 1 amide bonds. The van der Waals surface area contributed by atoms with Crippen LogP contribution in [0.15, 0.2) is 12.4 Å². The fraction of sp³-hybridized carbons (Fsp3) is 0.476. The Labute approximate surface area is 205 Å². The number of halogens is 4. The van der Waals surface area contributed by atoms with E-state index in [0.29, 0.717) is 36.6 Å². The first kappa shape index (κ1) is 24.2. The normalized spacial score (nSPS) is 20.2. The van der Waals surface area contributed by atoms with Crippen molar-refractivity contribution in [3.8, 4) is 0 Å². The fourth-order valence-corrected chi connectivity index (χ4v) is 5.57. The number of thiophene rings is 1. The van der Waals surface area contributed by atoms with Crippen LogP contribution in [0, 0.1) is 5.92 Å². The number of carbonyl (C=O) groups is 2. The molecule has 36 heavy (non-hydrogen) atoms. The number of hydrogen-bond acceptors (Lipinski definition) is 8. The maximum atomic E-state index is 13.4. The van der Waals surface area contributed by atoms with Crippen molar-refractivity contribution in [2.75, 3.05) is 17.7 Å². The van der Waals surface area contributed by atoms with Crippen LogP contribution in [0.3, 0.4) is 0 Å². The van der Waals surface area contributed by atoms with E-state index in [1.807, 2.05) is 0 Å². The van der Waals surface area contributed by atoms with Crippen molar-refractivity contribution in [3.05, 3.63) is 34.1 Å². The smallest absolute Gasteiger partial charge is 0.341 e. The molecule has 0 spiro atoms. The van der Waals surface area contributed by atoms with Crippen LogP contribution >= 0.6 is 11.3 Å². The van der Waals surface area contributed by atoms with E-state index in [-0.39, 0.29) is 22.3 Å². The number of esters is 1. The molecule has 2 aliphatic carbocycles. The summed E-state index contributed by atoms with van der Waals surface area (Å²) in [6, 6.07) is 1.00. The number of alkyl halides is 4. The molecule has 15 heteroatoms. The Morgan fingerprint density at radius 3 is 2.72 bits per heavy atom. The molecule has 1 saturated carbocycles. The summed E-state index contributed by atoms with van der Waals surface area (Å²) in [6.45, 7) is 0. The summed E-state index contributed by atoms with van der Waals surface area (Å²) in [4.78, 5) is 25.8. The number of ether oxygens (including phenoxy) is 1. The fourth-order valence-electron chi connectivity index (χ4n) is 4.33. The molecular formula is C21H21F4N7O3S. The largest absolute Gasteiger partial charge is 0.465 e. The van der Waals surface area contributed by atoms with E-state index in [9.17, 15) is 27.2 Å². The van der Waals surface area contributed by atoms with Gasteiger partial charge >= 0.3 is 5.97 Å². The van der Waals surface area contributed by atoms with Crippen LogP contribution in [-0.2, 0) is 29.4 Å². The molecule has 2 aliphatic rings. The Balaban J connectivity index is 1.40. The molecule has 1 fully saturated rings. The third-order valence-electron chi connectivity index (χ3n) is 6.33. The number of rotatable bonds is 7. The second-order valence-electron chi connectivity index (χ2n) is 8.67. The average molecular weight is 528 g/mol. The lowest BCUT2D eigenvalue weighted by atomic mass is 9.91. The Kier molecular flexibility index (Phi) is 5.97. The van der Waals surface area contributed by atoms with Crippen molar-refractivity contribution < 1.29 is 31.9 Å². The van der Waals surface area contributed by atoms with Gasteiger partial charge in [0.05, 0.1) is 12.7 Å². The van der Waals surface area contributed by atoms with Crippen LogP contribution in [0.2, 0.25) is 0 Å². The highest BCUT2D eigenvalue weighted by molar-refractivity contribution is 7.17. The highest BCUT2D eigenvalue weighted by Crippen LogP contribution is 2.50. The molecule has 10 nitrogen and oxygen atoms in total.